The normalized spacial score (nSPS) is 8.73. The minimum Gasteiger partial charge on any atom is -0.296 e. The molecule has 0 aliphatic heterocycles. The molecule has 0 atom stereocenters. The fourth-order valence-corrected chi connectivity index (χ4v) is 0.789. The molecule has 0 fully saturated rings. The first-order chi connectivity index (χ1) is 5.27. The Morgan fingerprint density at radius 3 is 2.91 bits per heavy atom. The van der Waals surface area contributed by atoms with Crippen LogP contribution >= 0.6 is 0 Å². The summed E-state index contributed by atoms with van der Waals surface area (Å²) in [7, 11) is 0. The lowest BCUT2D eigenvalue weighted by Crippen LogP contribution is -1.93. The highest BCUT2D eigenvalue weighted by molar-refractivity contribution is 5.76. The van der Waals surface area contributed by atoms with E-state index in [1.54, 1.807) is 12.1 Å². The maximum atomic E-state index is 10.4. The molecule has 0 saturated heterocycles. The van der Waals surface area contributed by atoms with E-state index in [1.807, 2.05) is 6.92 Å². The Morgan fingerprint density at radius 1 is 1.64 bits per heavy atom. The van der Waals surface area contributed by atoms with E-state index in [4.69, 9.17) is 6.42 Å². The number of carbonyl (C=O) groups is 1. The van der Waals surface area contributed by atoms with Gasteiger partial charge in [0, 0.05) is 5.69 Å². The molecule has 0 N–H and O–H groups in total. The predicted molar refractivity (Wildman–Crippen MR) is 42.3 cm³/mol. The van der Waals surface area contributed by atoms with Gasteiger partial charge in [-0.3, -0.25) is 4.79 Å². The highest BCUT2D eigenvalue weighted by Gasteiger charge is 1.98. The third-order valence-electron chi connectivity index (χ3n) is 1.33. The Balaban J connectivity index is 3.30. The fourth-order valence-electron chi connectivity index (χ4n) is 0.789. The van der Waals surface area contributed by atoms with Gasteiger partial charge in [-0.05, 0) is 19.1 Å². The van der Waals surface area contributed by atoms with Crippen molar-refractivity contribution in [3.05, 3.63) is 29.1 Å². The molecule has 0 amide bonds. The maximum Gasteiger partial charge on any atom is 0.169 e. The molecular formula is C9H7NO. The number of nitrogens with zero attached hydrogens (tertiary/aromatic N) is 1. The van der Waals surface area contributed by atoms with Crippen molar-refractivity contribution in [2.45, 2.75) is 6.92 Å². The Hall–Kier alpha value is -1.62. The number of aldehydes is 1. The van der Waals surface area contributed by atoms with Gasteiger partial charge in [-0.15, -0.1) is 6.42 Å². The van der Waals surface area contributed by atoms with E-state index in [1.165, 1.54) is 0 Å². The molecule has 0 aromatic carbocycles. The lowest BCUT2D eigenvalue weighted by molar-refractivity contribution is 0.111. The van der Waals surface area contributed by atoms with Crippen molar-refractivity contribution in [1.82, 2.24) is 4.98 Å². The van der Waals surface area contributed by atoms with Crippen LogP contribution in [-0.4, -0.2) is 11.3 Å². The summed E-state index contributed by atoms with van der Waals surface area (Å²) >= 11 is 0. The zero-order valence-corrected chi connectivity index (χ0v) is 6.16. The molecule has 0 aliphatic carbocycles. The van der Waals surface area contributed by atoms with Crippen molar-refractivity contribution < 1.29 is 4.79 Å². The van der Waals surface area contributed by atoms with Gasteiger partial charge in [0.2, 0.25) is 0 Å². The number of terminal acetylenes is 1. The van der Waals surface area contributed by atoms with Crippen molar-refractivity contribution in [3.8, 4) is 12.3 Å². The molecule has 54 valence electrons. The third-order valence-corrected chi connectivity index (χ3v) is 1.33. The SMILES string of the molecule is C#Cc1ccc(C)nc1C=O. The van der Waals surface area contributed by atoms with Gasteiger partial charge in [-0.1, -0.05) is 5.92 Å². The quantitative estimate of drug-likeness (QED) is 0.438. The van der Waals surface area contributed by atoms with E-state index in [0.29, 0.717) is 17.5 Å². The van der Waals surface area contributed by atoms with E-state index >= 15 is 0 Å². The first-order valence-corrected chi connectivity index (χ1v) is 3.17. The molecule has 1 rings (SSSR count). The van der Waals surface area contributed by atoms with Crippen LogP contribution in [0.4, 0.5) is 0 Å². The van der Waals surface area contributed by atoms with Gasteiger partial charge in [-0.25, -0.2) is 4.98 Å². The average Bonchev–Trinajstić information content (AvgIpc) is 2.04. The number of hydrogen-bond donors (Lipinski definition) is 0. The van der Waals surface area contributed by atoms with Crippen LogP contribution in [0.5, 0.6) is 0 Å². The molecule has 0 spiro atoms. The molecule has 11 heavy (non-hydrogen) atoms. The second-order valence-corrected chi connectivity index (χ2v) is 2.15. The van der Waals surface area contributed by atoms with Crippen LogP contribution in [0.25, 0.3) is 0 Å². The van der Waals surface area contributed by atoms with E-state index < -0.39 is 0 Å². The Bertz CT molecular complexity index is 323. The molecule has 0 aliphatic rings. The summed E-state index contributed by atoms with van der Waals surface area (Å²) < 4.78 is 0. The fraction of sp³-hybridized carbons (Fsp3) is 0.111. The monoisotopic (exact) mass is 145 g/mol. The largest absolute Gasteiger partial charge is 0.296 e. The molecule has 0 radical (unpaired) electrons. The minimum atomic E-state index is 0.340. The van der Waals surface area contributed by atoms with E-state index in [-0.39, 0.29) is 0 Å². The standard InChI is InChI=1S/C9H7NO/c1-3-8-5-4-7(2)10-9(8)6-11/h1,4-6H,2H3. The van der Waals surface area contributed by atoms with Crippen molar-refractivity contribution in [2.75, 3.05) is 0 Å². The summed E-state index contributed by atoms with van der Waals surface area (Å²) in [6.45, 7) is 1.81. The summed E-state index contributed by atoms with van der Waals surface area (Å²) in [5.41, 5.74) is 1.68. The van der Waals surface area contributed by atoms with Crippen LogP contribution in [0.3, 0.4) is 0 Å². The lowest BCUT2D eigenvalue weighted by atomic mass is 10.2. The van der Waals surface area contributed by atoms with Gasteiger partial charge < -0.3 is 0 Å². The first kappa shape index (κ1) is 7.49. The number of pyridine rings is 1. The van der Waals surface area contributed by atoms with Crippen molar-refractivity contribution in [1.29, 1.82) is 0 Å². The number of rotatable bonds is 1. The summed E-state index contributed by atoms with van der Waals surface area (Å²) in [5.74, 6) is 2.38. The Morgan fingerprint density at radius 2 is 2.36 bits per heavy atom. The van der Waals surface area contributed by atoms with Crippen LogP contribution in [0.15, 0.2) is 12.1 Å². The number of aryl methyl sites for hydroxylation is 1. The predicted octanol–water partition coefficient (Wildman–Crippen LogP) is 1.18. The molecule has 0 bridgehead atoms. The first-order valence-electron chi connectivity index (χ1n) is 3.17. The summed E-state index contributed by atoms with van der Waals surface area (Å²) in [6.07, 6.45) is 5.80. The van der Waals surface area contributed by atoms with Crippen LogP contribution in [0, 0.1) is 19.3 Å². The summed E-state index contributed by atoms with van der Waals surface area (Å²) in [4.78, 5) is 14.3. The van der Waals surface area contributed by atoms with Crippen molar-refractivity contribution in [3.63, 3.8) is 0 Å². The minimum absolute atomic E-state index is 0.340. The topological polar surface area (TPSA) is 30.0 Å². The molecule has 1 aromatic heterocycles. The molecule has 0 saturated carbocycles. The second kappa shape index (κ2) is 2.98. The van der Waals surface area contributed by atoms with Crippen LogP contribution in [-0.2, 0) is 0 Å². The lowest BCUT2D eigenvalue weighted by Gasteiger charge is -1.95. The van der Waals surface area contributed by atoms with Crippen LogP contribution in [0.2, 0.25) is 0 Å². The van der Waals surface area contributed by atoms with Gasteiger partial charge >= 0.3 is 0 Å². The Kier molecular flexibility index (Phi) is 2.03. The zero-order valence-electron chi connectivity index (χ0n) is 6.16. The van der Waals surface area contributed by atoms with Crippen LogP contribution in [0.1, 0.15) is 21.7 Å². The van der Waals surface area contributed by atoms with Crippen LogP contribution < -0.4 is 0 Å². The number of hydrogen-bond acceptors (Lipinski definition) is 2. The van der Waals surface area contributed by atoms with Gasteiger partial charge in [0.05, 0.1) is 5.56 Å². The van der Waals surface area contributed by atoms with Gasteiger partial charge in [0.25, 0.3) is 0 Å². The zero-order chi connectivity index (χ0) is 8.27. The molecule has 1 aromatic rings. The molecular weight excluding hydrogens is 138 g/mol. The van der Waals surface area contributed by atoms with Crippen molar-refractivity contribution >= 4 is 6.29 Å². The molecule has 2 heteroatoms. The van der Waals surface area contributed by atoms with Crippen molar-refractivity contribution in [2.24, 2.45) is 0 Å². The number of carbonyl (C=O) groups excluding carboxylic acids is 1. The Labute approximate surface area is 65.3 Å². The highest BCUT2D eigenvalue weighted by Crippen LogP contribution is 2.02. The van der Waals surface area contributed by atoms with Gasteiger partial charge in [0.15, 0.2) is 6.29 Å². The third kappa shape index (κ3) is 1.44. The molecule has 2 nitrogen and oxygen atoms in total. The van der Waals surface area contributed by atoms with E-state index in [9.17, 15) is 4.79 Å². The maximum absolute atomic E-state index is 10.4. The summed E-state index contributed by atoms with van der Waals surface area (Å²) in [6, 6.07) is 3.49. The average molecular weight is 145 g/mol. The molecule has 0 unspecified atom stereocenters. The summed E-state index contributed by atoms with van der Waals surface area (Å²) in [5, 5.41) is 0. The van der Waals surface area contributed by atoms with E-state index in [2.05, 4.69) is 10.9 Å². The second-order valence-electron chi connectivity index (χ2n) is 2.15. The van der Waals surface area contributed by atoms with Gasteiger partial charge in [0.1, 0.15) is 5.69 Å². The molecule has 1 heterocycles. The smallest absolute Gasteiger partial charge is 0.169 e. The number of aromatic nitrogens is 1. The van der Waals surface area contributed by atoms with E-state index in [0.717, 1.165) is 5.69 Å². The highest BCUT2D eigenvalue weighted by atomic mass is 16.1. The van der Waals surface area contributed by atoms with Gasteiger partial charge in [-0.2, -0.15) is 0 Å².